The normalized spacial score (nSPS) is 16.2. The maximum absolute atomic E-state index is 5.57. The molecule has 0 aromatic heterocycles. The summed E-state index contributed by atoms with van der Waals surface area (Å²) in [6.07, 6.45) is 5.24. The quantitative estimate of drug-likeness (QED) is 0.646. The summed E-state index contributed by atoms with van der Waals surface area (Å²) in [6, 6.07) is 0. The largest absolute Gasteiger partial charge is 0.330 e. The van der Waals surface area contributed by atoms with Gasteiger partial charge in [0.2, 0.25) is 0 Å². The SMILES string of the molecule is CC[C@@H](CCN)CC[C@@H](C)C(C)C. The zero-order valence-electron chi connectivity index (χ0n) is 9.84. The summed E-state index contributed by atoms with van der Waals surface area (Å²) in [5, 5.41) is 0. The van der Waals surface area contributed by atoms with Crippen molar-refractivity contribution in [1.82, 2.24) is 0 Å². The fourth-order valence-corrected chi connectivity index (χ4v) is 1.62. The molecule has 80 valence electrons. The lowest BCUT2D eigenvalue weighted by atomic mass is 9.87. The minimum atomic E-state index is 0.829. The van der Waals surface area contributed by atoms with Crippen LogP contribution in [0.1, 0.15) is 53.4 Å². The third-order valence-electron chi connectivity index (χ3n) is 3.32. The smallest absolute Gasteiger partial charge is 0.00746 e. The second kappa shape index (κ2) is 7.37. The molecular weight excluding hydrogens is 158 g/mol. The first kappa shape index (κ1) is 13.0. The average molecular weight is 185 g/mol. The molecule has 0 saturated heterocycles. The molecule has 0 rings (SSSR count). The molecule has 0 bridgehead atoms. The molecule has 2 N–H and O–H groups in total. The Kier molecular flexibility index (Phi) is 7.35. The average Bonchev–Trinajstić information content (AvgIpc) is 2.11. The topological polar surface area (TPSA) is 26.0 Å². The van der Waals surface area contributed by atoms with Gasteiger partial charge in [0.15, 0.2) is 0 Å². The van der Waals surface area contributed by atoms with Crippen molar-refractivity contribution in [3.05, 3.63) is 0 Å². The lowest BCUT2D eigenvalue weighted by molar-refractivity contribution is 0.330. The predicted molar refractivity (Wildman–Crippen MR) is 60.7 cm³/mol. The van der Waals surface area contributed by atoms with Gasteiger partial charge >= 0.3 is 0 Å². The highest BCUT2D eigenvalue weighted by Gasteiger charge is 2.10. The molecule has 0 aromatic rings. The number of hydrogen-bond donors (Lipinski definition) is 1. The Balaban J connectivity index is 3.58. The van der Waals surface area contributed by atoms with E-state index in [1.807, 2.05) is 0 Å². The Morgan fingerprint density at radius 2 is 1.62 bits per heavy atom. The molecule has 0 aliphatic heterocycles. The van der Waals surface area contributed by atoms with Crippen LogP contribution < -0.4 is 5.73 Å². The minimum Gasteiger partial charge on any atom is -0.330 e. The van der Waals surface area contributed by atoms with Crippen LogP contribution >= 0.6 is 0 Å². The van der Waals surface area contributed by atoms with E-state index in [1.54, 1.807) is 0 Å². The van der Waals surface area contributed by atoms with Crippen molar-refractivity contribution < 1.29 is 0 Å². The summed E-state index contributed by atoms with van der Waals surface area (Å²) in [5.41, 5.74) is 5.57. The van der Waals surface area contributed by atoms with Crippen molar-refractivity contribution in [2.75, 3.05) is 6.54 Å². The van der Waals surface area contributed by atoms with Crippen LogP contribution in [0.15, 0.2) is 0 Å². The molecule has 0 amide bonds. The Bertz CT molecular complexity index is 110. The van der Waals surface area contributed by atoms with Gasteiger partial charge in [0.1, 0.15) is 0 Å². The van der Waals surface area contributed by atoms with Crippen molar-refractivity contribution in [1.29, 1.82) is 0 Å². The first-order valence-electron chi connectivity index (χ1n) is 5.81. The van der Waals surface area contributed by atoms with Gasteiger partial charge in [-0.25, -0.2) is 0 Å². The standard InChI is InChI=1S/C12H27N/c1-5-12(8-9-13)7-6-11(4)10(2)3/h10-12H,5-9,13H2,1-4H3/t11-,12-/m1/s1. The van der Waals surface area contributed by atoms with E-state index in [-0.39, 0.29) is 0 Å². The van der Waals surface area contributed by atoms with Gasteiger partial charge in [0.25, 0.3) is 0 Å². The zero-order valence-corrected chi connectivity index (χ0v) is 9.84. The molecule has 0 unspecified atom stereocenters. The number of hydrogen-bond acceptors (Lipinski definition) is 1. The van der Waals surface area contributed by atoms with Gasteiger partial charge in [-0.05, 0) is 30.7 Å². The van der Waals surface area contributed by atoms with Crippen LogP contribution in [-0.4, -0.2) is 6.54 Å². The second-order valence-electron chi connectivity index (χ2n) is 4.65. The molecule has 13 heavy (non-hydrogen) atoms. The molecule has 0 fully saturated rings. The molecule has 0 saturated carbocycles. The van der Waals surface area contributed by atoms with E-state index in [2.05, 4.69) is 27.7 Å². The van der Waals surface area contributed by atoms with Gasteiger partial charge in [0.05, 0.1) is 0 Å². The third kappa shape index (κ3) is 6.09. The highest BCUT2D eigenvalue weighted by molar-refractivity contribution is 4.63. The van der Waals surface area contributed by atoms with Crippen LogP contribution in [0.5, 0.6) is 0 Å². The molecule has 1 heteroatoms. The first-order chi connectivity index (χ1) is 6.11. The molecule has 0 heterocycles. The molecule has 0 aliphatic rings. The molecule has 1 nitrogen and oxygen atoms in total. The summed E-state index contributed by atoms with van der Waals surface area (Å²) in [6.45, 7) is 10.1. The Labute approximate surface area is 84.1 Å². The maximum atomic E-state index is 5.57. The molecule has 0 spiro atoms. The molecule has 0 aliphatic carbocycles. The monoisotopic (exact) mass is 185 g/mol. The lowest BCUT2D eigenvalue weighted by Crippen LogP contribution is -2.11. The highest BCUT2D eigenvalue weighted by Crippen LogP contribution is 2.22. The van der Waals surface area contributed by atoms with Crippen LogP contribution in [0.3, 0.4) is 0 Å². The molecule has 0 radical (unpaired) electrons. The summed E-state index contributed by atoms with van der Waals surface area (Å²) >= 11 is 0. The van der Waals surface area contributed by atoms with Crippen molar-refractivity contribution >= 4 is 0 Å². The van der Waals surface area contributed by atoms with E-state index in [0.717, 1.165) is 24.3 Å². The predicted octanol–water partition coefficient (Wildman–Crippen LogP) is 3.43. The van der Waals surface area contributed by atoms with E-state index in [0.29, 0.717) is 0 Å². The minimum absolute atomic E-state index is 0.829. The van der Waals surface area contributed by atoms with Crippen LogP contribution in [0.2, 0.25) is 0 Å². The van der Waals surface area contributed by atoms with Gasteiger partial charge in [-0.3, -0.25) is 0 Å². The van der Waals surface area contributed by atoms with E-state index in [1.165, 1.54) is 25.7 Å². The van der Waals surface area contributed by atoms with E-state index in [4.69, 9.17) is 5.73 Å². The van der Waals surface area contributed by atoms with E-state index in [9.17, 15) is 0 Å². The fraction of sp³-hybridized carbons (Fsp3) is 1.00. The lowest BCUT2D eigenvalue weighted by Gasteiger charge is -2.19. The van der Waals surface area contributed by atoms with Gasteiger partial charge in [-0.2, -0.15) is 0 Å². The Hall–Kier alpha value is -0.0400. The maximum Gasteiger partial charge on any atom is -0.00746 e. The van der Waals surface area contributed by atoms with Gasteiger partial charge < -0.3 is 5.73 Å². The van der Waals surface area contributed by atoms with Crippen molar-refractivity contribution in [2.45, 2.75) is 53.4 Å². The van der Waals surface area contributed by atoms with Crippen LogP contribution in [0, 0.1) is 17.8 Å². The molecule has 2 atom stereocenters. The van der Waals surface area contributed by atoms with E-state index >= 15 is 0 Å². The summed E-state index contributed by atoms with van der Waals surface area (Å²) < 4.78 is 0. The zero-order chi connectivity index (χ0) is 10.3. The molecular formula is C12H27N. The van der Waals surface area contributed by atoms with E-state index < -0.39 is 0 Å². The number of rotatable bonds is 7. The van der Waals surface area contributed by atoms with Gasteiger partial charge in [0, 0.05) is 0 Å². The Morgan fingerprint density at radius 1 is 1.00 bits per heavy atom. The van der Waals surface area contributed by atoms with Crippen LogP contribution in [-0.2, 0) is 0 Å². The first-order valence-corrected chi connectivity index (χ1v) is 5.81. The van der Waals surface area contributed by atoms with Gasteiger partial charge in [-0.15, -0.1) is 0 Å². The summed E-state index contributed by atoms with van der Waals surface area (Å²) in [7, 11) is 0. The van der Waals surface area contributed by atoms with Crippen molar-refractivity contribution in [3.8, 4) is 0 Å². The number of nitrogens with two attached hydrogens (primary N) is 1. The summed E-state index contributed by atoms with van der Waals surface area (Å²) in [4.78, 5) is 0. The van der Waals surface area contributed by atoms with Crippen LogP contribution in [0.25, 0.3) is 0 Å². The highest BCUT2D eigenvalue weighted by atomic mass is 14.5. The van der Waals surface area contributed by atoms with Crippen molar-refractivity contribution in [2.24, 2.45) is 23.5 Å². The fourth-order valence-electron chi connectivity index (χ4n) is 1.62. The third-order valence-corrected chi connectivity index (χ3v) is 3.32. The van der Waals surface area contributed by atoms with Crippen molar-refractivity contribution in [3.63, 3.8) is 0 Å². The Morgan fingerprint density at radius 3 is 2.00 bits per heavy atom. The second-order valence-corrected chi connectivity index (χ2v) is 4.65. The van der Waals surface area contributed by atoms with Crippen LogP contribution in [0.4, 0.5) is 0 Å². The summed E-state index contributed by atoms with van der Waals surface area (Å²) in [5.74, 6) is 2.56. The van der Waals surface area contributed by atoms with Gasteiger partial charge in [-0.1, -0.05) is 47.0 Å². The molecule has 0 aromatic carbocycles.